The summed E-state index contributed by atoms with van der Waals surface area (Å²) in [6, 6.07) is 5.14. The average molecular weight is 209 g/mol. The summed E-state index contributed by atoms with van der Waals surface area (Å²) in [6.07, 6.45) is 4.30. The fraction of sp³-hybridized carbons (Fsp3) is 0.667. The number of rotatable bonds is 4. The topological polar surface area (TPSA) is 12.0 Å². The van der Waals surface area contributed by atoms with E-state index in [4.69, 9.17) is 0 Å². The lowest BCUT2D eigenvalue weighted by Crippen LogP contribution is -2.36. The molecule has 0 aromatic carbocycles. The number of nitrogens with one attached hydrogen (secondary N) is 1. The van der Waals surface area contributed by atoms with Gasteiger partial charge in [0.25, 0.3) is 0 Å². The predicted octanol–water partition coefficient (Wildman–Crippen LogP) is 3.33. The second-order valence-electron chi connectivity index (χ2n) is 4.37. The minimum atomic E-state index is 0.700. The van der Waals surface area contributed by atoms with Gasteiger partial charge in [0.05, 0.1) is 0 Å². The summed E-state index contributed by atoms with van der Waals surface area (Å²) in [7, 11) is 0. The van der Waals surface area contributed by atoms with Crippen LogP contribution >= 0.6 is 11.3 Å². The van der Waals surface area contributed by atoms with E-state index in [0.29, 0.717) is 6.04 Å². The molecule has 0 amide bonds. The van der Waals surface area contributed by atoms with Gasteiger partial charge in [0.15, 0.2) is 0 Å². The van der Waals surface area contributed by atoms with Crippen molar-refractivity contribution in [2.45, 2.75) is 45.7 Å². The molecule has 1 unspecified atom stereocenters. The molecule has 1 fully saturated rings. The van der Waals surface area contributed by atoms with Gasteiger partial charge in [0, 0.05) is 22.3 Å². The van der Waals surface area contributed by atoms with Crippen LogP contribution in [0.5, 0.6) is 0 Å². The Morgan fingerprint density at radius 1 is 1.50 bits per heavy atom. The highest BCUT2D eigenvalue weighted by Crippen LogP contribution is 2.29. The first-order valence-corrected chi connectivity index (χ1v) is 6.36. The molecule has 1 N–H and O–H groups in total. The molecule has 0 radical (unpaired) electrons. The van der Waals surface area contributed by atoms with E-state index in [1.165, 1.54) is 29.0 Å². The normalized spacial score (nSPS) is 19.3. The quantitative estimate of drug-likeness (QED) is 0.802. The third-order valence-corrected chi connectivity index (χ3v) is 4.25. The first-order valence-electron chi connectivity index (χ1n) is 5.54. The standard InChI is InChI=1S/C12H19NS/c1-9-6-7-12(14-9)8-13-10(2)11-4-3-5-11/h6-7,10-11,13H,3-5,8H2,1-2H3. The summed E-state index contributed by atoms with van der Waals surface area (Å²) in [5.74, 6) is 0.941. The second kappa shape index (κ2) is 4.45. The highest BCUT2D eigenvalue weighted by atomic mass is 32.1. The molecule has 1 aromatic rings. The van der Waals surface area contributed by atoms with Gasteiger partial charge in [0.2, 0.25) is 0 Å². The van der Waals surface area contributed by atoms with Gasteiger partial charge in [0.1, 0.15) is 0 Å². The maximum Gasteiger partial charge on any atom is 0.0302 e. The van der Waals surface area contributed by atoms with Gasteiger partial charge in [-0.15, -0.1) is 11.3 Å². The van der Waals surface area contributed by atoms with Gasteiger partial charge < -0.3 is 5.32 Å². The molecule has 1 aliphatic rings. The lowest BCUT2D eigenvalue weighted by Gasteiger charge is -2.31. The van der Waals surface area contributed by atoms with Crippen molar-refractivity contribution >= 4 is 11.3 Å². The molecule has 0 bridgehead atoms. The average Bonchev–Trinajstić information content (AvgIpc) is 2.45. The second-order valence-corrected chi connectivity index (χ2v) is 5.75. The Morgan fingerprint density at radius 2 is 2.29 bits per heavy atom. The van der Waals surface area contributed by atoms with E-state index in [1.807, 2.05) is 11.3 Å². The Kier molecular flexibility index (Phi) is 3.24. The van der Waals surface area contributed by atoms with Crippen LogP contribution < -0.4 is 5.32 Å². The Bertz CT molecular complexity index is 288. The molecule has 2 heteroatoms. The zero-order valence-corrected chi connectivity index (χ0v) is 9.86. The fourth-order valence-electron chi connectivity index (χ4n) is 1.95. The van der Waals surface area contributed by atoms with Crippen molar-refractivity contribution in [2.75, 3.05) is 0 Å². The number of aryl methyl sites for hydroxylation is 1. The van der Waals surface area contributed by atoms with Crippen molar-refractivity contribution < 1.29 is 0 Å². The molecule has 0 spiro atoms. The lowest BCUT2D eigenvalue weighted by atomic mass is 9.80. The molecule has 1 heterocycles. The lowest BCUT2D eigenvalue weighted by molar-refractivity contribution is 0.240. The summed E-state index contributed by atoms with van der Waals surface area (Å²) in [5.41, 5.74) is 0. The maximum absolute atomic E-state index is 3.62. The first kappa shape index (κ1) is 10.2. The van der Waals surface area contributed by atoms with Crippen molar-refractivity contribution in [3.63, 3.8) is 0 Å². The number of hydrogen-bond acceptors (Lipinski definition) is 2. The minimum absolute atomic E-state index is 0.700. The van der Waals surface area contributed by atoms with Crippen molar-refractivity contribution in [2.24, 2.45) is 5.92 Å². The summed E-state index contributed by atoms with van der Waals surface area (Å²) in [4.78, 5) is 2.88. The smallest absolute Gasteiger partial charge is 0.0302 e. The SMILES string of the molecule is Cc1ccc(CNC(C)C2CCC2)s1. The third kappa shape index (κ3) is 2.37. The fourth-order valence-corrected chi connectivity index (χ4v) is 2.79. The van der Waals surface area contributed by atoms with Crippen molar-refractivity contribution in [3.8, 4) is 0 Å². The van der Waals surface area contributed by atoms with Crippen LogP contribution in [0.25, 0.3) is 0 Å². The summed E-state index contributed by atoms with van der Waals surface area (Å²) < 4.78 is 0. The molecule has 1 nitrogen and oxygen atoms in total. The van der Waals surface area contributed by atoms with Crippen LogP contribution in [0.2, 0.25) is 0 Å². The zero-order valence-electron chi connectivity index (χ0n) is 9.05. The molecule has 0 saturated heterocycles. The molecule has 0 aliphatic heterocycles. The Balaban J connectivity index is 1.76. The highest BCUT2D eigenvalue weighted by Gasteiger charge is 2.23. The van der Waals surface area contributed by atoms with Crippen LogP contribution in [0, 0.1) is 12.8 Å². The Morgan fingerprint density at radius 3 is 2.79 bits per heavy atom. The largest absolute Gasteiger partial charge is 0.309 e. The van der Waals surface area contributed by atoms with Crippen LogP contribution in [-0.2, 0) is 6.54 Å². The molecule has 1 saturated carbocycles. The Hall–Kier alpha value is -0.340. The van der Waals surface area contributed by atoms with E-state index in [1.54, 1.807) is 0 Å². The van der Waals surface area contributed by atoms with E-state index in [2.05, 4.69) is 31.3 Å². The van der Waals surface area contributed by atoms with Gasteiger partial charge in [-0.3, -0.25) is 0 Å². The van der Waals surface area contributed by atoms with Gasteiger partial charge in [-0.25, -0.2) is 0 Å². The van der Waals surface area contributed by atoms with Crippen LogP contribution in [0.3, 0.4) is 0 Å². The number of hydrogen-bond donors (Lipinski definition) is 1. The van der Waals surface area contributed by atoms with Gasteiger partial charge in [-0.2, -0.15) is 0 Å². The third-order valence-electron chi connectivity index (χ3n) is 3.25. The predicted molar refractivity (Wildman–Crippen MR) is 62.7 cm³/mol. The van der Waals surface area contributed by atoms with Crippen LogP contribution in [0.15, 0.2) is 12.1 Å². The van der Waals surface area contributed by atoms with Crippen molar-refractivity contribution in [3.05, 3.63) is 21.9 Å². The van der Waals surface area contributed by atoms with E-state index >= 15 is 0 Å². The maximum atomic E-state index is 3.62. The molecule has 1 atom stereocenters. The van der Waals surface area contributed by atoms with Crippen molar-refractivity contribution in [1.82, 2.24) is 5.32 Å². The van der Waals surface area contributed by atoms with Gasteiger partial charge >= 0.3 is 0 Å². The van der Waals surface area contributed by atoms with Gasteiger partial charge in [-0.05, 0) is 44.7 Å². The van der Waals surface area contributed by atoms with Crippen LogP contribution in [0.1, 0.15) is 35.9 Å². The molecular weight excluding hydrogens is 190 g/mol. The molecular formula is C12H19NS. The summed E-state index contributed by atoms with van der Waals surface area (Å²) in [5, 5.41) is 3.62. The van der Waals surface area contributed by atoms with E-state index in [0.717, 1.165) is 12.5 Å². The molecule has 2 rings (SSSR count). The molecule has 1 aromatic heterocycles. The highest BCUT2D eigenvalue weighted by molar-refractivity contribution is 7.11. The minimum Gasteiger partial charge on any atom is -0.309 e. The van der Waals surface area contributed by atoms with E-state index < -0.39 is 0 Å². The monoisotopic (exact) mass is 209 g/mol. The van der Waals surface area contributed by atoms with E-state index in [-0.39, 0.29) is 0 Å². The zero-order chi connectivity index (χ0) is 9.97. The van der Waals surface area contributed by atoms with Crippen LogP contribution in [-0.4, -0.2) is 6.04 Å². The van der Waals surface area contributed by atoms with E-state index in [9.17, 15) is 0 Å². The molecule has 14 heavy (non-hydrogen) atoms. The molecule has 1 aliphatic carbocycles. The van der Waals surface area contributed by atoms with Gasteiger partial charge in [-0.1, -0.05) is 6.42 Å². The summed E-state index contributed by atoms with van der Waals surface area (Å²) >= 11 is 1.90. The summed E-state index contributed by atoms with van der Waals surface area (Å²) in [6.45, 7) is 5.55. The van der Waals surface area contributed by atoms with Crippen molar-refractivity contribution in [1.29, 1.82) is 0 Å². The Labute approximate surface area is 90.5 Å². The number of thiophene rings is 1. The first-order chi connectivity index (χ1) is 6.75. The van der Waals surface area contributed by atoms with Crippen LogP contribution in [0.4, 0.5) is 0 Å². The molecule has 78 valence electrons.